The summed E-state index contributed by atoms with van der Waals surface area (Å²) in [5, 5.41) is 3.46. The second-order valence-corrected chi connectivity index (χ2v) is 12.4. The van der Waals surface area contributed by atoms with E-state index in [1.54, 1.807) is 36.4 Å². The molecule has 218 valence electrons. The van der Waals surface area contributed by atoms with Crippen LogP contribution in [0.2, 0.25) is 5.02 Å². The van der Waals surface area contributed by atoms with E-state index in [9.17, 15) is 22.8 Å². The third-order valence-electron chi connectivity index (χ3n) is 6.73. The number of nitrogens with zero attached hydrogens (tertiary/aromatic N) is 2. The number of carbonyl (C=O) groups excluding carboxylic acids is 3. The van der Waals surface area contributed by atoms with Crippen molar-refractivity contribution < 1.29 is 22.8 Å². The van der Waals surface area contributed by atoms with Crippen molar-refractivity contribution >= 4 is 44.9 Å². The maximum atomic E-state index is 14.1. The quantitative estimate of drug-likeness (QED) is 0.283. The summed E-state index contributed by atoms with van der Waals surface area (Å²) in [6.45, 7) is 4.67. The Hall–Kier alpha value is -3.69. The highest BCUT2D eigenvalue weighted by atomic mass is 35.5. The molecule has 0 bridgehead atoms. The summed E-state index contributed by atoms with van der Waals surface area (Å²) in [4.78, 5) is 41.2. The van der Waals surface area contributed by atoms with Gasteiger partial charge in [0.25, 0.3) is 0 Å². The molecule has 8 nitrogen and oxygen atoms in total. The van der Waals surface area contributed by atoms with Gasteiger partial charge in [-0.2, -0.15) is 0 Å². The first-order valence-electron chi connectivity index (χ1n) is 13.4. The van der Waals surface area contributed by atoms with Crippen molar-refractivity contribution in [1.29, 1.82) is 0 Å². The summed E-state index contributed by atoms with van der Waals surface area (Å²) in [5.41, 5.74) is 2.02. The fraction of sp³-hybridized carbons (Fsp3) is 0.323. The van der Waals surface area contributed by atoms with E-state index in [1.807, 2.05) is 44.2 Å². The Kier molecular flexibility index (Phi) is 11.1. The number of hydrogen-bond acceptors (Lipinski definition) is 5. The van der Waals surface area contributed by atoms with Crippen molar-refractivity contribution in [3.05, 3.63) is 101 Å². The Morgan fingerprint density at radius 2 is 1.59 bits per heavy atom. The zero-order valence-corrected chi connectivity index (χ0v) is 25.3. The molecule has 0 fully saturated rings. The molecule has 3 aromatic rings. The summed E-state index contributed by atoms with van der Waals surface area (Å²) in [5.74, 6) is -1.16. The Morgan fingerprint density at radius 3 is 2.20 bits per heavy atom. The highest BCUT2D eigenvalue weighted by Gasteiger charge is 2.33. The van der Waals surface area contributed by atoms with Gasteiger partial charge < -0.3 is 10.2 Å². The van der Waals surface area contributed by atoms with Crippen LogP contribution in [0.5, 0.6) is 0 Å². The van der Waals surface area contributed by atoms with E-state index in [2.05, 4.69) is 5.32 Å². The molecule has 0 aromatic heterocycles. The van der Waals surface area contributed by atoms with Crippen LogP contribution in [0.1, 0.15) is 48.7 Å². The first-order valence-corrected chi connectivity index (χ1v) is 15.6. The number of benzene rings is 3. The number of nitrogens with one attached hydrogen (secondary N) is 1. The lowest BCUT2D eigenvalue weighted by atomic mass is 10.0. The standard InChI is InChI=1S/C31H36ClN3O5S/c1-5-22(2)33-31(38)29(18-24-11-7-6-8-12-24)34(20-25-13-9-15-27(32)17-25)30(37)21-35(41(4,39)40)28-16-10-14-26(19-28)23(3)36/h6-17,19,22,29H,5,18,20-21H2,1-4H3,(H,33,38)/t22-,29+/m0/s1. The zero-order valence-electron chi connectivity index (χ0n) is 23.7. The summed E-state index contributed by atoms with van der Waals surface area (Å²) in [6.07, 6.45) is 1.91. The largest absolute Gasteiger partial charge is 0.352 e. The number of Topliss-reactive ketones (excluding diaryl/α,β-unsaturated/α-hetero) is 1. The van der Waals surface area contributed by atoms with Gasteiger partial charge in [-0.1, -0.05) is 73.1 Å². The first-order chi connectivity index (χ1) is 19.4. The Labute approximate surface area is 247 Å². The molecular weight excluding hydrogens is 562 g/mol. The van der Waals surface area contributed by atoms with Crippen LogP contribution in [-0.2, 0) is 32.6 Å². The number of anilines is 1. The van der Waals surface area contributed by atoms with Crippen molar-refractivity contribution in [2.75, 3.05) is 17.1 Å². The number of sulfonamides is 1. The van der Waals surface area contributed by atoms with Gasteiger partial charge >= 0.3 is 0 Å². The minimum Gasteiger partial charge on any atom is -0.352 e. The van der Waals surface area contributed by atoms with Crippen LogP contribution in [0.15, 0.2) is 78.9 Å². The average Bonchev–Trinajstić information content (AvgIpc) is 2.93. The summed E-state index contributed by atoms with van der Waals surface area (Å²) < 4.78 is 26.8. The molecule has 0 unspecified atom stereocenters. The number of hydrogen-bond donors (Lipinski definition) is 1. The molecule has 0 aliphatic rings. The van der Waals surface area contributed by atoms with Crippen molar-refractivity contribution in [2.24, 2.45) is 0 Å². The van der Waals surface area contributed by atoms with Gasteiger partial charge in [-0.15, -0.1) is 0 Å². The van der Waals surface area contributed by atoms with E-state index in [4.69, 9.17) is 11.6 Å². The summed E-state index contributed by atoms with van der Waals surface area (Å²) in [7, 11) is -3.94. The van der Waals surface area contributed by atoms with E-state index in [1.165, 1.54) is 24.0 Å². The smallest absolute Gasteiger partial charge is 0.244 e. The van der Waals surface area contributed by atoms with Gasteiger partial charge in [0.2, 0.25) is 21.8 Å². The van der Waals surface area contributed by atoms with Gasteiger partial charge in [0.15, 0.2) is 5.78 Å². The van der Waals surface area contributed by atoms with Crippen LogP contribution in [0.25, 0.3) is 0 Å². The van der Waals surface area contributed by atoms with Gasteiger partial charge in [-0.25, -0.2) is 8.42 Å². The third-order valence-corrected chi connectivity index (χ3v) is 8.11. The molecular formula is C31H36ClN3O5S. The van der Waals surface area contributed by atoms with E-state index in [-0.39, 0.29) is 36.4 Å². The number of halogens is 1. The van der Waals surface area contributed by atoms with Crippen LogP contribution in [0.3, 0.4) is 0 Å². The average molecular weight is 598 g/mol. The molecule has 0 aliphatic carbocycles. The fourth-order valence-corrected chi connectivity index (χ4v) is 5.38. The molecule has 2 amide bonds. The van der Waals surface area contributed by atoms with Gasteiger partial charge in [0.1, 0.15) is 12.6 Å². The van der Waals surface area contributed by atoms with Crippen molar-refractivity contribution in [3.8, 4) is 0 Å². The van der Waals surface area contributed by atoms with Crippen molar-refractivity contribution in [2.45, 2.75) is 52.2 Å². The van der Waals surface area contributed by atoms with Gasteiger partial charge in [0.05, 0.1) is 11.9 Å². The summed E-state index contributed by atoms with van der Waals surface area (Å²) >= 11 is 6.23. The van der Waals surface area contributed by atoms with E-state index in [0.717, 1.165) is 16.1 Å². The predicted molar refractivity (Wildman–Crippen MR) is 162 cm³/mol. The second kappa shape index (κ2) is 14.3. The third kappa shape index (κ3) is 9.16. The lowest BCUT2D eigenvalue weighted by Crippen LogP contribution is -2.54. The minimum absolute atomic E-state index is 0.0237. The minimum atomic E-state index is -3.94. The molecule has 2 atom stereocenters. The van der Waals surface area contributed by atoms with Crippen LogP contribution in [-0.4, -0.2) is 55.8 Å². The van der Waals surface area contributed by atoms with Crippen molar-refractivity contribution in [1.82, 2.24) is 10.2 Å². The van der Waals surface area contributed by atoms with E-state index < -0.39 is 28.5 Å². The highest BCUT2D eigenvalue weighted by Crippen LogP contribution is 2.22. The molecule has 1 N–H and O–H groups in total. The topological polar surface area (TPSA) is 104 Å². The monoisotopic (exact) mass is 597 g/mol. The molecule has 3 rings (SSSR count). The fourth-order valence-electron chi connectivity index (χ4n) is 4.32. The molecule has 0 saturated carbocycles. The molecule has 0 aliphatic heterocycles. The van der Waals surface area contributed by atoms with Gasteiger partial charge in [-0.05, 0) is 55.7 Å². The molecule has 0 spiro atoms. The van der Waals surface area contributed by atoms with Crippen LogP contribution in [0.4, 0.5) is 5.69 Å². The molecule has 10 heteroatoms. The molecule has 0 radical (unpaired) electrons. The lowest BCUT2D eigenvalue weighted by molar-refractivity contribution is -0.140. The van der Waals surface area contributed by atoms with E-state index >= 15 is 0 Å². The Balaban J connectivity index is 2.08. The zero-order chi connectivity index (χ0) is 30.2. The lowest BCUT2D eigenvalue weighted by Gasteiger charge is -2.34. The number of carbonyl (C=O) groups is 3. The molecule has 3 aromatic carbocycles. The van der Waals surface area contributed by atoms with Crippen LogP contribution >= 0.6 is 11.6 Å². The number of rotatable bonds is 13. The molecule has 0 saturated heterocycles. The normalized spacial score (nSPS) is 12.7. The van der Waals surface area contributed by atoms with Crippen molar-refractivity contribution in [3.63, 3.8) is 0 Å². The second-order valence-electron chi connectivity index (χ2n) is 10.1. The van der Waals surface area contributed by atoms with Crippen LogP contribution < -0.4 is 9.62 Å². The first kappa shape index (κ1) is 31.8. The van der Waals surface area contributed by atoms with Gasteiger partial charge in [0, 0.05) is 29.6 Å². The number of amides is 2. The number of ketones is 1. The van der Waals surface area contributed by atoms with E-state index in [0.29, 0.717) is 22.6 Å². The maximum Gasteiger partial charge on any atom is 0.244 e. The Bertz CT molecular complexity index is 1480. The molecule has 0 heterocycles. The molecule has 41 heavy (non-hydrogen) atoms. The van der Waals surface area contributed by atoms with Gasteiger partial charge in [-0.3, -0.25) is 18.7 Å². The SMILES string of the molecule is CC[C@H](C)NC(=O)[C@@H](Cc1ccccc1)N(Cc1cccc(Cl)c1)C(=O)CN(c1cccc(C(C)=O)c1)S(C)(=O)=O. The predicted octanol–water partition coefficient (Wildman–Crippen LogP) is 4.86. The summed E-state index contributed by atoms with van der Waals surface area (Å²) in [6, 6.07) is 21.3. The van der Waals surface area contributed by atoms with Crippen LogP contribution in [0, 0.1) is 0 Å². The highest BCUT2D eigenvalue weighted by molar-refractivity contribution is 7.92. The maximum absolute atomic E-state index is 14.1. The Morgan fingerprint density at radius 1 is 0.927 bits per heavy atom.